The highest BCUT2D eigenvalue weighted by Crippen LogP contribution is 2.21. The Balaban J connectivity index is 2.10. The molecule has 0 fully saturated rings. The predicted octanol–water partition coefficient (Wildman–Crippen LogP) is 3.71. The summed E-state index contributed by atoms with van der Waals surface area (Å²) in [6, 6.07) is 10.2. The number of aryl methyl sites for hydroxylation is 2. The minimum absolute atomic E-state index is 0.528. The lowest BCUT2D eigenvalue weighted by Crippen LogP contribution is -2.06. The van der Waals surface area contributed by atoms with Crippen LogP contribution in [-0.2, 0) is 6.61 Å². The third-order valence-corrected chi connectivity index (χ3v) is 2.95. The van der Waals surface area contributed by atoms with Gasteiger partial charge in [-0.2, -0.15) is 0 Å². The molecule has 2 aromatic rings. The van der Waals surface area contributed by atoms with Crippen LogP contribution in [0.3, 0.4) is 0 Å². The molecule has 0 spiro atoms. The molecule has 1 aromatic carbocycles. The quantitative estimate of drug-likeness (QED) is 0.885. The summed E-state index contributed by atoms with van der Waals surface area (Å²) < 4.78 is 5.88. The van der Waals surface area contributed by atoms with Crippen LogP contribution in [0.15, 0.2) is 36.5 Å². The zero-order valence-corrected chi connectivity index (χ0v) is 11.7. The lowest BCUT2D eigenvalue weighted by atomic mass is 10.1. The lowest BCUT2D eigenvalue weighted by Gasteiger charge is -2.12. The number of hydrogen-bond donors (Lipinski definition) is 1. The number of anilines is 1. The third-order valence-electron chi connectivity index (χ3n) is 2.95. The molecule has 19 heavy (non-hydrogen) atoms. The van der Waals surface area contributed by atoms with Gasteiger partial charge in [0.25, 0.3) is 0 Å². The molecule has 0 bridgehead atoms. The molecule has 3 heteroatoms. The Morgan fingerprint density at radius 3 is 2.79 bits per heavy atom. The van der Waals surface area contributed by atoms with Crippen LogP contribution in [0.25, 0.3) is 0 Å². The van der Waals surface area contributed by atoms with E-state index in [-0.39, 0.29) is 0 Å². The number of hydrogen-bond acceptors (Lipinski definition) is 3. The van der Waals surface area contributed by atoms with Crippen LogP contribution >= 0.6 is 0 Å². The van der Waals surface area contributed by atoms with Crippen molar-refractivity contribution in [2.24, 2.45) is 0 Å². The molecule has 0 aliphatic carbocycles. The van der Waals surface area contributed by atoms with E-state index in [1.54, 1.807) is 6.20 Å². The second-order valence-corrected chi connectivity index (χ2v) is 4.60. The van der Waals surface area contributed by atoms with Gasteiger partial charge < -0.3 is 10.1 Å². The van der Waals surface area contributed by atoms with Gasteiger partial charge in [-0.15, -0.1) is 0 Å². The van der Waals surface area contributed by atoms with E-state index in [1.165, 1.54) is 5.56 Å². The van der Waals surface area contributed by atoms with Crippen LogP contribution in [0.5, 0.6) is 5.75 Å². The zero-order chi connectivity index (χ0) is 13.7. The highest BCUT2D eigenvalue weighted by molar-refractivity contribution is 5.44. The Labute approximate surface area is 114 Å². The number of benzene rings is 1. The van der Waals surface area contributed by atoms with Crippen molar-refractivity contribution in [2.75, 3.05) is 11.9 Å². The summed E-state index contributed by atoms with van der Waals surface area (Å²) >= 11 is 0. The molecule has 1 aromatic heterocycles. The van der Waals surface area contributed by atoms with Gasteiger partial charge in [0.1, 0.15) is 18.2 Å². The highest BCUT2D eigenvalue weighted by Gasteiger charge is 2.05. The summed E-state index contributed by atoms with van der Waals surface area (Å²) in [5.41, 5.74) is 3.48. The van der Waals surface area contributed by atoms with E-state index in [0.717, 1.165) is 29.2 Å². The smallest absolute Gasteiger partial charge is 0.132 e. The standard InChI is InChI=1S/C16H20N2O/c1-4-17-16-14(6-5-9-18-16)11-19-15-8-7-12(2)10-13(15)3/h5-10H,4,11H2,1-3H3,(H,17,18). The molecule has 1 heterocycles. The van der Waals surface area contributed by atoms with Crippen molar-refractivity contribution >= 4 is 5.82 Å². The van der Waals surface area contributed by atoms with Crippen LogP contribution < -0.4 is 10.1 Å². The molecule has 2 rings (SSSR count). The van der Waals surface area contributed by atoms with Crippen molar-refractivity contribution in [3.05, 3.63) is 53.2 Å². The Morgan fingerprint density at radius 1 is 1.21 bits per heavy atom. The third kappa shape index (κ3) is 3.47. The van der Waals surface area contributed by atoms with Crippen molar-refractivity contribution in [1.82, 2.24) is 4.98 Å². The van der Waals surface area contributed by atoms with Gasteiger partial charge in [0.15, 0.2) is 0 Å². The van der Waals surface area contributed by atoms with Crippen LogP contribution in [0.2, 0.25) is 0 Å². The molecular weight excluding hydrogens is 236 g/mol. The Kier molecular flexibility index (Phi) is 4.39. The van der Waals surface area contributed by atoms with Crippen molar-refractivity contribution < 1.29 is 4.74 Å². The van der Waals surface area contributed by atoms with Gasteiger partial charge in [-0.3, -0.25) is 0 Å². The normalized spacial score (nSPS) is 10.3. The van der Waals surface area contributed by atoms with Gasteiger partial charge in [-0.1, -0.05) is 23.8 Å². The summed E-state index contributed by atoms with van der Waals surface area (Å²) in [4.78, 5) is 4.33. The molecule has 0 unspecified atom stereocenters. The first-order valence-corrected chi connectivity index (χ1v) is 6.58. The fourth-order valence-electron chi connectivity index (χ4n) is 2.00. The lowest BCUT2D eigenvalue weighted by molar-refractivity contribution is 0.304. The van der Waals surface area contributed by atoms with Crippen molar-refractivity contribution in [3.63, 3.8) is 0 Å². The SMILES string of the molecule is CCNc1ncccc1COc1ccc(C)cc1C. The number of ether oxygens (including phenoxy) is 1. The Bertz CT molecular complexity index is 552. The van der Waals surface area contributed by atoms with Crippen LogP contribution in [0.4, 0.5) is 5.82 Å². The van der Waals surface area contributed by atoms with Gasteiger partial charge in [0.2, 0.25) is 0 Å². The van der Waals surface area contributed by atoms with E-state index in [0.29, 0.717) is 6.61 Å². The van der Waals surface area contributed by atoms with Crippen molar-refractivity contribution in [3.8, 4) is 5.75 Å². The Hall–Kier alpha value is -2.03. The maximum Gasteiger partial charge on any atom is 0.132 e. The molecule has 3 nitrogen and oxygen atoms in total. The first-order valence-electron chi connectivity index (χ1n) is 6.58. The molecule has 0 aliphatic heterocycles. The molecule has 0 saturated carbocycles. The van der Waals surface area contributed by atoms with E-state index in [1.807, 2.05) is 18.2 Å². The fraction of sp³-hybridized carbons (Fsp3) is 0.312. The van der Waals surface area contributed by atoms with E-state index in [4.69, 9.17) is 4.74 Å². The number of pyridine rings is 1. The van der Waals surface area contributed by atoms with Crippen LogP contribution in [0, 0.1) is 13.8 Å². The zero-order valence-electron chi connectivity index (χ0n) is 11.7. The molecule has 0 saturated heterocycles. The number of aromatic nitrogens is 1. The van der Waals surface area contributed by atoms with E-state index in [2.05, 4.69) is 43.2 Å². The molecule has 0 radical (unpaired) electrons. The van der Waals surface area contributed by atoms with Gasteiger partial charge >= 0.3 is 0 Å². The maximum absolute atomic E-state index is 5.88. The first kappa shape index (κ1) is 13.4. The van der Waals surface area contributed by atoms with Gasteiger partial charge in [-0.05, 0) is 38.5 Å². The minimum Gasteiger partial charge on any atom is -0.488 e. The summed E-state index contributed by atoms with van der Waals surface area (Å²) in [7, 11) is 0. The van der Waals surface area contributed by atoms with E-state index >= 15 is 0 Å². The first-order chi connectivity index (χ1) is 9.20. The number of rotatable bonds is 5. The fourth-order valence-corrected chi connectivity index (χ4v) is 2.00. The number of nitrogens with zero attached hydrogens (tertiary/aromatic N) is 1. The van der Waals surface area contributed by atoms with Gasteiger partial charge in [0, 0.05) is 18.3 Å². The second-order valence-electron chi connectivity index (χ2n) is 4.60. The molecule has 1 N–H and O–H groups in total. The topological polar surface area (TPSA) is 34.2 Å². The average molecular weight is 256 g/mol. The summed E-state index contributed by atoms with van der Waals surface area (Å²) in [6.07, 6.45) is 1.79. The minimum atomic E-state index is 0.528. The second kappa shape index (κ2) is 6.23. The van der Waals surface area contributed by atoms with E-state index < -0.39 is 0 Å². The molecule has 0 amide bonds. The summed E-state index contributed by atoms with van der Waals surface area (Å²) in [5.74, 6) is 1.83. The summed E-state index contributed by atoms with van der Waals surface area (Å²) in [5, 5.41) is 3.25. The average Bonchev–Trinajstić information content (AvgIpc) is 2.40. The monoisotopic (exact) mass is 256 g/mol. The predicted molar refractivity (Wildman–Crippen MR) is 78.6 cm³/mol. The summed E-state index contributed by atoms with van der Waals surface area (Å²) in [6.45, 7) is 7.59. The maximum atomic E-state index is 5.88. The van der Waals surface area contributed by atoms with Gasteiger partial charge in [-0.25, -0.2) is 4.98 Å². The van der Waals surface area contributed by atoms with Crippen molar-refractivity contribution in [1.29, 1.82) is 0 Å². The molecule has 0 atom stereocenters. The Morgan fingerprint density at radius 2 is 2.05 bits per heavy atom. The van der Waals surface area contributed by atoms with Crippen molar-refractivity contribution in [2.45, 2.75) is 27.4 Å². The molecular formula is C16H20N2O. The van der Waals surface area contributed by atoms with Gasteiger partial charge in [0.05, 0.1) is 0 Å². The van der Waals surface area contributed by atoms with Crippen LogP contribution in [0.1, 0.15) is 23.6 Å². The molecule has 0 aliphatic rings. The van der Waals surface area contributed by atoms with Crippen LogP contribution in [-0.4, -0.2) is 11.5 Å². The number of nitrogens with one attached hydrogen (secondary N) is 1. The largest absolute Gasteiger partial charge is 0.488 e. The van der Waals surface area contributed by atoms with E-state index in [9.17, 15) is 0 Å². The molecule has 100 valence electrons. The highest BCUT2D eigenvalue weighted by atomic mass is 16.5.